The van der Waals surface area contributed by atoms with Gasteiger partial charge in [-0.05, 0) is 37.9 Å². The summed E-state index contributed by atoms with van der Waals surface area (Å²) < 4.78 is 0. The van der Waals surface area contributed by atoms with E-state index in [2.05, 4.69) is 50.1 Å². The zero-order valence-electron chi connectivity index (χ0n) is 11.4. The highest BCUT2D eigenvalue weighted by Crippen LogP contribution is 2.21. The number of nitrogens with one attached hydrogen (secondary N) is 1. The van der Waals surface area contributed by atoms with Crippen LogP contribution >= 0.6 is 11.8 Å². The van der Waals surface area contributed by atoms with Crippen LogP contribution in [0.25, 0.3) is 0 Å². The number of rotatable bonds is 7. The van der Waals surface area contributed by atoms with E-state index in [0.29, 0.717) is 6.04 Å². The molecule has 0 bridgehead atoms. The van der Waals surface area contributed by atoms with Gasteiger partial charge in [0.1, 0.15) is 0 Å². The summed E-state index contributed by atoms with van der Waals surface area (Å²) in [6.45, 7) is 9.88. The molecule has 0 spiro atoms. The van der Waals surface area contributed by atoms with Gasteiger partial charge in [-0.1, -0.05) is 20.8 Å². The molecule has 0 fully saturated rings. The summed E-state index contributed by atoms with van der Waals surface area (Å²) >= 11 is 1.88. The minimum atomic E-state index is 0.346. The molecule has 96 valence electrons. The van der Waals surface area contributed by atoms with E-state index >= 15 is 0 Å². The summed E-state index contributed by atoms with van der Waals surface area (Å²) in [5.41, 5.74) is 1.13. The summed E-state index contributed by atoms with van der Waals surface area (Å²) in [7, 11) is 0. The van der Waals surface area contributed by atoms with Crippen molar-refractivity contribution in [3.63, 3.8) is 0 Å². The van der Waals surface area contributed by atoms with Gasteiger partial charge < -0.3 is 5.32 Å². The lowest BCUT2D eigenvalue weighted by molar-refractivity contribution is 0.558. The molecule has 0 aliphatic heterocycles. The van der Waals surface area contributed by atoms with Crippen LogP contribution in [-0.4, -0.2) is 17.3 Å². The Kier molecular flexibility index (Phi) is 6.60. The van der Waals surface area contributed by atoms with Crippen LogP contribution in [0.3, 0.4) is 0 Å². The molecule has 1 aromatic rings. The standard InChI is InChI=1S/C14H24N2S/c1-5-8-15-12(4)14-7-6-13(9-16-14)17-10-11(2)3/h6-7,9,11-12,15H,5,8,10H2,1-4H3. The van der Waals surface area contributed by atoms with Gasteiger partial charge in [0, 0.05) is 22.9 Å². The molecule has 1 unspecified atom stereocenters. The second kappa shape index (κ2) is 7.72. The Morgan fingerprint density at radius 1 is 1.29 bits per heavy atom. The molecule has 17 heavy (non-hydrogen) atoms. The van der Waals surface area contributed by atoms with E-state index in [1.165, 1.54) is 4.90 Å². The van der Waals surface area contributed by atoms with Crippen LogP contribution in [0.2, 0.25) is 0 Å². The van der Waals surface area contributed by atoms with Gasteiger partial charge in [0.2, 0.25) is 0 Å². The third kappa shape index (κ3) is 5.55. The maximum atomic E-state index is 4.53. The molecule has 0 aliphatic carbocycles. The number of nitrogens with zero attached hydrogens (tertiary/aromatic N) is 1. The number of hydrogen-bond donors (Lipinski definition) is 1. The van der Waals surface area contributed by atoms with E-state index in [0.717, 1.165) is 30.3 Å². The molecule has 0 saturated carbocycles. The second-order valence-corrected chi connectivity index (χ2v) is 5.89. The Morgan fingerprint density at radius 3 is 2.59 bits per heavy atom. The monoisotopic (exact) mass is 252 g/mol. The van der Waals surface area contributed by atoms with Crippen molar-refractivity contribution < 1.29 is 0 Å². The fraction of sp³-hybridized carbons (Fsp3) is 0.643. The second-order valence-electron chi connectivity index (χ2n) is 4.80. The van der Waals surface area contributed by atoms with Crippen LogP contribution in [0, 0.1) is 5.92 Å². The summed E-state index contributed by atoms with van der Waals surface area (Å²) in [5.74, 6) is 1.88. The van der Waals surface area contributed by atoms with E-state index in [4.69, 9.17) is 0 Å². The van der Waals surface area contributed by atoms with Crippen molar-refractivity contribution in [3.8, 4) is 0 Å². The molecule has 1 N–H and O–H groups in total. The van der Waals surface area contributed by atoms with Crippen molar-refractivity contribution in [3.05, 3.63) is 24.0 Å². The molecule has 3 heteroatoms. The largest absolute Gasteiger partial charge is 0.309 e. The molecule has 2 nitrogen and oxygen atoms in total. The average molecular weight is 252 g/mol. The first-order valence-corrected chi connectivity index (χ1v) is 7.44. The molecular weight excluding hydrogens is 228 g/mol. The Bertz CT molecular complexity index is 309. The Labute approximate surface area is 110 Å². The van der Waals surface area contributed by atoms with E-state index < -0.39 is 0 Å². The molecule has 0 aliphatic rings. The summed E-state index contributed by atoms with van der Waals surface area (Å²) in [5, 5.41) is 3.45. The summed E-state index contributed by atoms with van der Waals surface area (Å²) in [6, 6.07) is 4.66. The number of pyridine rings is 1. The fourth-order valence-corrected chi connectivity index (χ4v) is 2.28. The van der Waals surface area contributed by atoms with Crippen molar-refractivity contribution in [1.82, 2.24) is 10.3 Å². The molecular formula is C14H24N2S. The van der Waals surface area contributed by atoms with Gasteiger partial charge in [-0.15, -0.1) is 11.8 Å². The van der Waals surface area contributed by atoms with Gasteiger partial charge in [0.05, 0.1) is 5.69 Å². The van der Waals surface area contributed by atoms with Crippen molar-refractivity contribution in [1.29, 1.82) is 0 Å². The fourth-order valence-electron chi connectivity index (χ4n) is 1.46. The minimum Gasteiger partial charge on any atom is -0.309 e. The Hall–Kier alpha value is -0.540. The zero-order valence-corrected chi connectivity index (χ0v) is 12.2. The van der Waals surface area contributed by atoms with Crippen molar-refractivity contribution >= 4 is 11.8 Å². The normalized spacial score (nSPS) is 13.0. The third-order valence-electron chi connectivity index (χ3n) is 2.49. The zero-order chi connectivity index (χ0) is 12.7. The lowest BCUT2D eigenvalue weighted by Crippen LogP contribution is -2.20. The van der Waals surface area contributed by atoms with Crippen molar-refractivity contribution in [2.24, 2.45) is 5.92 Å². The molecule has 1 heterocycles. The quantitative estimate of drug-likeness (QED) is 0.745. The lowest BCUT2D eigenvalue weighted by Gasteiger charge is -2.13. The first-order chi connectivity index (χ1) is 8.13. The van der Waals surface area contributed by atoms with Gasteiger partial charge in [0.15, 0.2) is 0 Å². The van der Waals surface area contributed by atoms with Crippen molar-refractivity contribution in [2.45, 2.75) is 45.1 Å². The third-order valence-corrected chi connectivity index (χ3v) is 3.89. The minimum absolute atomic E-state index is 0.346. The van der Waals surface area contributed by atoms with Gasteiger partial charge in [-0.2, -0.15) is 0 Å². The van der Waals surface area contributed by atoms with E-state index in [1.807, 2.05) is 18.0 Å². The van der Waals surface area contributed by atoms with Gasteiger partial charge in [-0.25, -0.2) is 0 Å². The molecule has 1 aromatic heterocycles. The van der Waals surface area contributed by atoms with Gasteiger partial charge in [-0.3, -0.25) is 4.98 Å². The number of hydrogen-bond acceptors (Lipinski definition) is 3. The lowest BCUT2D eigenvalue weighted by atomic mass is 10.2. The van der Waals surface area contributed by atoms with Crippen LogP contribution in [0.15, 0.2) is 23.2 Å². The summed E-state index contributed by atoms with van der Waals surface area (Å²) in [6.07, 6.45) is 3.15. The number of thioether (sulfide) groups is 1. The van der Waals surface area contributed by atoms with E-state index in [-0.39, 0.29) is 0 Å². The Morgan fingerprint density at radius 2 is 2.06 bits per heavy atom. The van der Waals surface area contributed by atoms with E-state index in [1.54, 1.807) is 0 Å². The predicted octanol–water partition coefficient (Wildman–Crippen LogP) is 3.89. The van der Waals surface area contributed by atoms with Gasteiger partial charge >= 0.3 is 0 Å². The predicted molar refractivity (Wildman–Crippen MR) is 76.5 cm³/mol. The van der Waals surface area contributed by atoms with Crippen LogP contribution < -0.4 is 5.32 Å². The molecule has 0 amide bonds. The maximum Gasteiger partial charge on any atom is 0.0571 e. The molecule has 1 rings (SSSR count). The first kappa shape index (κ1) is 14.5. The highest BCUT2D eigenvalue weighted by molar-refractivity contribution is 7.99. The van der Waals surface area contributed by atoms with Gasteiger partial charge in [0.25, 0.3) is 0 Å². The molecule has 0 aromatic carbocycles. The Balaban J connectivity index is 2.49. The topological polar surface area (TPSA) is 24.9 Å². The molecule has 1 atom stereocenters. The smallest absolute Gasteiger partial charge is 0.0571 e. The highest BCUT2D eigenvalue weighted by atomic mass is 32.2. The van der Waals surface area contributed by atoms with Crippen LogP contribution in [0.5, 0.6) is 0 Å². The van der Waals surface area contributed by atoms with Crippen LogP contribution in [0.4, 0.5) is 0 Å². The van der Waals surface area contributed by atoms with Crippen LogP contribution in [-0.2, 0) is 0 Å². The SMILES string of the molecule is CCCNC(C)c1ccc(SCC(C)C)cn1. The highest BCUT2D eigenvalue weighted by Gasteiger charge is 2.05. The summed E-state index contributed by atoms with van der Waals surface area (Å²) in [4.78, 5) is 5.79. The van der Waals surface area contributed by atoms with Crippen molar-refractivity contribution in [2.75, 3.05) is 12.3 Å². The van der Waals surface area contributed by atoms with Crippen LogP contribution in [0.1, 0.15) is 45.9 Å². The maximum absolute atomic E-state index is 4.53. The van der Waals surface area contributed by atoms with E-state index in [9.17, 15) is 0 Å². The number of aromatic nitrogens is 1. The first-order valence-electron chi connectivity index (χ1n) is 6.45. The average Bonchev–Trinajstić information content (AvgIpc) is 2.34. The molecule has 0 radical (unpaired) electrons. The molecule has 0 saturated heterocycles.